The normalized spacial score (nSPS) is 31.6. The standard InChI is InChI=1S/C17H32N2O/c1-5-8-17(9-6-10-18-13-17)15(20)19-11-7-14(12-19)16(2,3)4/h14,18H,5-13H2,1-4H3. The van der Waals surface area contributed by atoms with Crippen LogP contribution < -0.4 is 5.32 Å². The van der Waals surface area contributed by atoms with E-state index in [4.69, 9.17) is 0 Å². The number of rotatable bonds is 3. The number of nitrogens with one attached hydrogen (secondary N) is 1. The average molecular weight is 280 g/mol. The zero-order chi connectivity index (χ0) is 14.8. The van der Waals surface area contributed by atoms with Gasteiger partial charge >= 0.3 is 0 Å². The summed E-state index contributed by atoms with van der Waals surface area (Å²) in [5.74, 6) is 1.08. The molecule has 0 bridgehead atoms. The molecular weight excluding hydrogens is 248 g/mol. The Balaban J connectivity index is 2.05. The first-order valence-corrected chi connectivity index (χ1v) is 8.39. The van der Waals surface area contributed by atoms with Crippen LogP contribution in [-0.2, 0) is 4.79 Å². The van der Waals surface area contributed by atoms with Gasteiger partial charge in [0.15, 0.2) is 0 Å². The smallest absolute Gasteiger partial charge is 0.230 e. The Morgan fingerprint density at radius 1 is 1.40 bits per heavy atom. The summed E-state index contributed by atoms with van der Waals surface area (Å²) >= 11 is 0. The van der Waals surface area contributed by atoms with Crippen LogP contribution in [0.2, 0.25) is 0 Å². The molecule has 0 aromatic carbocycles. The maximum atomic E-state index is 13.1. The van der Waals surface area contributed by atoms with E-state index in [1.165, 1.54) is 6.42 Å². The van der Waals surface area contributed by atoms with E-state index >= 15 is 0 Å². The molecule has 2 unspecified atom stereocenters. The fourth-order valence-electron chi connectivity index (χ4n) is 3.94. The predicted octanol–water partition coefficient (Wildman–Crippen LogP) is 3.05. The fraction of sp³-hybridized carbons (Fsp3) is 0.941. The molecule has 1 N–H and O–H groups in total. The number of nitrogens with zero attached hydrogens (tertiary/aromatic N) is 1. The van der Waals surface area contributed by atoms with Gasteiger partial charge in [0, 0.05) is 19.6 Å². The summed E-state index contributed by atoms with van der Waals surface area (Å²) in [5, 5.41) is 3.46. The van der Waals surface area contributed by atoms with Gasteiger partial charge in [0.1, 0.15) is 0 Å². The van der Waals surface area contributed by atoms with Crippen LogP contribution in [0.15, 0.2) is 0 Å². The van der Waals surface area contributed by atoms with Gasteiger partial charge in [-0.05, 0) is 43.6 Å². The van der Waals surface area contributed by atoms with Gasteiger partial charge in [0.2, 0.25) is 5.91 Å². The minimum absolute atomic E-state index is 0.111. The van der Waals surface area contributed by atoms with Crippen molar-refractivity contribution in [1.82, 2.24) is 10.2 Å². The first kappa shape index (κ1) is 15.8. The predicted molar refractivity (Wildman–Crippen MR) is 83.6 cm³/mol. The molecule has 1 amide bonds. The highest BCUT2D eigenvalue weighted by Crippen LogP contribution is 2.38. The molecule has 0 saturated carbocycles. The molecule has 2 aliphatic heterocycles. The zero-order valence-corrected chi connectivity index (χ0v) is 13.8. The van der Waals surface area contributed by atoms with Gasteiger partial charge < -0.3 is 10.2 Å². The third-order valence-electron chi connectivity index (χ3n) is 5.35. The lowest BCUT2D eigenvalue weighted by Crippen LogP contribution is -2.51. The monoisotopic (exact) mass is 280 g/mol. The van der Waals surface area contributed by atoms with E-state index in [2.05, 4.69) is 37.9 Å². The second-order valence-corrected chi connectivity index (χ2v) is 7.91. The molecule has 2 saturated heterocycles. The molecule has 0 aromatic rings. The van der Waals surface area contributed by atoms with E-state index in [-0.39, 0.29) is 5.41 Å². The van der Waals surface area contributed by atoms with Gasteiger partial charge in [-0.25, -0.2) is 0 Å². The molecule has 0 spiro atoms. The van der Waals surface area contributed by atoms with Crippen molar-refractivity contribution in [2.45, 2.75) is 59.8 Å². The highest BCUT2D eigenvalue weighted by atomic mass is 16.2. The van der Waals surface area contributed by atoms with Gasteiger partial charge in [-0.15, -0.1) is 0 Å². The highest BCUT2D eigenvalue weighted by Gasteiger charge is 2.44. The molecule has 116 valence electrons. The van der Waals surface area contributed by atoms with Crippen molar-refractivity contribution < 1.29 is 4.79 Å². The summed E-state index contributed by atoms with van der Waals surface area (Å²) in [7, 11) is 0. The lowest BCUT2D eigenvalue weighted by atomic mass is 9.75. The van der Waals surface area contributed by atoms with Crippen molar-refractivity contribution in [2.75, 3.05) is 26.2 Å². The van der Waals surface area contributed by atoms with E-state index in [1.807, 2.05) is 0 Å². The van der Waals surface area contributed by atoms with Crippen molar-refractivity contribution in [3.63, 3.8) is 0 Å². The van der Waals surface area contributed by atoms with Crippen molar-refractivity contribution >= 4 is 5.91 Å². The Bertz CT molecular complexity index is 334. The van der Waals surface area contributed by atoms with E-state index in [1.54, 1.807) is 0 Å². The summed E-state index contributed by atoms with van der Waals surface area (Å²) in [6, 6.07) is 0. The Morgan fingerprint density at radius 3 is 2.65 bits per heavy atom. The molecule has 0 radical (unpaired) electrons. The minimum atomic E-state index is -0.111. The summed E-state index contributed by atoms with van der Waals surface area (Å²) < 4.78 is 0. The highest BCUT2D eigenvalue weighted by molar-refractivity contribution is 5.83. The molecule has 20 heavy (non-hydrogen) atoms. The van der Waals surface area contributed by atoms with Crippen LogP contribution in [0.4, 0.5) is 0 Å². The largest absolute Gasteiger partial charge is 0.342 e. The number of carbonyl (C=O) groups excluding carboxylic acids is 1. The van der Waals surface area contributed by atoms with Gasteiger partial charge in [0.25, 0.3) is 0 Å². The average Bonchev–Trinajstić information content (AvgIpc) is 2.88. The number of piperidine rings is 1. The number of carbonyl (C=O) groups is 1. The lowest BCUT2D eigenvalue weighted by molar-refractivity contribution is -0.143. The van der Waals surface area contributed by atoms with Crippen LogP contribution >= 0.6 is 0 Å². The van der Waals surface area contributed by atoms with Gasteiger partial charge in [-0.1, -0.05) is 34.1 Å². The Labute approximate surface area is 124 Å². The van der Waals surface area contributed by atoms with E-state index in [9.17, 15) is 4.79 Å². The first-order chi connectivity index (χ1) is 9.39. The number of hydrogen-bond acceptors (Lipinski definition) is 2. The summed E-state index contributed by atoms with van der Waals surface area (Å²) in [4.78, 5) is 15.2. The van der Waals surface area contributed by atoms with Crippen LogP contribution in [0, 0.1) is 16.7 Å². The van der Waals surface area contributed by atoms with Crippen LogP contribution in [0.25, 0.3) is 0 Å². The number of hydrogen-bond donors (Lipinski definition) is 1. The SMILES string of the molecule is CCCC1(C(=O)N2CCC(C(C)(C)C)C2)CCCNC1. The molecule has 0 aliphatic carbocycles. The van der Waals surface area contributed by atoms with E-state index < -0.39 is 0 Å². The molecule has 2 aliphatic rings. The Hall–Kier alpha value is -0.570. The molecule has 2 atom stereocenters. The maximum absolute atomic E-state index is 13.1. The topological polar surface area (TPSA) is 32.3 Å². The summed E-state index contributed by atoms with van der Waals surface area (Å²) in [5.41, 5.74) is 0.206. The third kappa shape index (κ3) is 3.19. The summed E-state index contributed by atoms with van der Waals surface area (Å²) in [6.07, 6.45) is 5.52. The molecular formula is C17H32N2O. The number of likely N-dealkylation sites (tertiary alicyclic amines) is 1. The molecule has 0 aromatic heterocycles. The second kappa shape index (κ2) is 6.05. The fourth-order valence-corrected chi connectivity index (χ4v) is 3.94. The Kier molecular flexibility index (Phi) is 4.78. The van der Waals surface area contributed by atoms with E-state index in [0.717, 1.165) is 51.9 Å². The molecule has 3 heteroatoms. The summed E-state index contributed by atoms with van der Waals surface area (Å²) in [6.45, 7) is 13.0. The quantitative estimate of drug-likeness (QED) is 0.862. The van der Waals surface area contributed by atoms with E-state index in [0.29, 0.717) is 17.2 Å². The first-order valence-electron chi connectivity index (χ1n) is 8.39. The minimum Gasteiger partial charge on any atom is -0.342 e. The van der Waals surface area contributed by atoms with Crippen molar-refractivity contribution in [1.29, 1.82) is 0 Å². The van der Waals surface area contributed by atoms with Crippen LogP contribution in [0.3, 0.4) is 0 Å². The van der Waals surface area contributed by atoms with Crippen LogP contribution in [-0.4, -0.2) is 37.0 Å². The van der Waals surface area contributed by atoms with Crippen molar-refractivity contribution in [2.24, 2.45) is 16.7 Å². The van der Waals surface area contributed by atoms with Gasteiger partial charge in [-0.3, -0.25) is 4.79 Å². The van der Waals surface area contributed by atoms with Crippen molar-refractivity contribution in [3.8, 4) is 0 Å². The lowest BCUT2D eigenvalue weighted by Gasteiger charge is -2.39. The van der Waals surface area contributed by atoms with Crippen LogP contribution in [0.1, 0.15) is 59.8 Å². The molecule has 2 rings (SSSR count). The Morgan fingerprint density at radius 2 is 2.15 bits per heavy atom. The van der Waals surface area contributed by atoms with Gasteiger partial charge in [0.05, 0.1) is 5.41 Å². The second-order valence-electron chi connectivity index (χ2n) is 7.91. The van der Waals surface area contributed by atoms with Crippen molar-refractivity contribution in [3.05, 3.63) is 0 Å². The molecule has 2 heterocycles. The third-order valence-corrected chi connectivity index (χ3v) is 5.35. The molecule has 2 fully saturated rings. The zero-order valence-electron chi connectivity index (χ0n) is 13.8. The van der Waals surface area contributed by atoms with Gasteiger partial charge in [-0.2, -0.15) is 0 Å². The maximum Gasteiger partial charge on any atom is 0.230 e. The van der Waals surface area contributed by atoms with Crippen LogP contribution in [0.5, 0.6) is 0 Å². The molecule has 3 nitrogen and oxygen atoms in total. The number of amides is 1.